The monoisotopic (exact) mass is 272 g/mol. The van der Waals surface area contributed by atoms with E-state index < -0.39 is 0 Å². The predicted octanol–water partition coefficient (Wildman–Crippen LogP) is 3.18. The minimum Gasteiger partial charge on any atom is -0.381 e. The van der Waals surface area contributed by atoms with Crippen molar-refractivity contribution in [2.75, 3.05) is 32.8 Å². The van der Waals surface area contributed by atoms with Gasteiger partial charge in [0.05, 0.1) is 0 Å². The Bertz CT molecular complexity index is 176. The van der Waals surface area contributed by atoms with Gasteiger partial charge in [0.25, 0.3) is 0 Å². The maximum atomic E-state index is 5.86. The van der Waals surface area contributed by atoms with Crippen molar-refractivity contribution < 1.29 is 4.74 Å². The van der Waals surface area contributed by atoms with Crippen LogP contribution >= 0.6 is 0 Å². The fraction of sp³-hybridized carbons (Fsp3) is 1.00. The molecular formula is C16H36N2O. The third kappa shape index (κ3) is 11.4. The molecule has 3 N–H and O–H groups in total. The molecule has 0 aliphatic heterocycles. The lowest BCUT2D eigenvalue weighted by Crippen LogP contribution is -2.22. The molecule has 0 spiro atoms. The maximum absolute atomic E-state index is 5.86. The second kappa shape index (κ2) is 14.3. The summed E-state index contributed by atoms with van der Waals surface area (Å²) in [6, 6.07) is 0. The van der Waals surface area contributed by atoms with E-state index in [1.165, 1.54) is 25.7 Å². The highest BCUT2D eigenvalue weighted by Gasteiger charge is 2.15. The molecule has 0 aliphatic carbocycles. The minimum atomic E-state index is 0.746. The summed E-state index contributed by atoms with van der Waals surface area (Å²) in [5, 5.41) is 3.38. The van der Waals surface area contributed by atoms with Gasteiger partial charge in [0.2, 0.25) is 0 Å². The average Bonchev–Trinajstić information content (AvgIpc) is 2.40. The summed E-state index contributed by atoms with van der Waals surface area (Å²) in [5.41, 5.74) is 5.44. The van der Waals surface area contributed by atoms with Crippen LogP contribution in [0.5, 0.6) is 0 Å². The molecule has 2 unspecified atom stereocenters. The van der Waals surface area contributed by atoms with E-state index in [0.717, 1.165) is 57.5 Å². The lowest BCUT2D eigenvalue weighted by atomic mass is 9.87. The Balaban J connectivity index is 3.52. The third-order valence-corrected chi connectivity index (χ3v) is 3.74. The molecule has 0 rings (SSSR count). The molecule has 2 atom stereocenters. The third-order valence-electron chi connectivity index (χ3n) is 3.74. The molecule has 0 amide bonds. The summed E-state index contributed by atoms with van der Waals surface area (Å²) in [5.74, 6) is 1.54. The Hall–Kier alpha value is -0.120. The van der Waals surface area contributed by atoms with Crippen molar-refractivity contribution in [3.63, 3.8) is 0 Å². The van der Waals surface area contributed by atoms with E-state index in [9.17, 15) is 0 Å². The van der Waals surface area contributed by atoms with E-state index in [-0.39, 0.29) is 0 Å². The number of ether oxygens (including phenoxy) is 1. The summed E-state index contributed by atoms with van der Waals surface area (Å²) in [7, 11) is 0. The Morgan fingerprint density at radius 1 is 1.05 bits per heavy atom. The number of hydrogen-bond donors (Lipinski definition) is 2. The van der Waals surface area contributed by atoms with Crippen molar-refractivity contribution >= 4 is 0 Å². The zero-order valence-corrected chi connectivity index (χ0v) is 13.4. The van der Waals surface area contributed by atoms with Crippen LogP contribution in [0.2, 0.25) is 0 Å². The summed E-state index contributed by atoms with van der Waals surface area (Å²) in [6.07, 6.45) is 7.35. The van der Waals surface area contributed by atoms with E-state index in [0.29, 0.717) is 0 Å². The molecule has 0 saturated heterocycles. The standard InChI is InChI=1S/C16H36N2O/c1-4-8-15(3)16(9-5-2)14-19-13-7-12-18-11-6-10-17/h15-16,18H,4-14,17H2,1-3H3. The van der Waals surface area contributed by atoms with Gasteiger partial charge in [0.15, 0.2) is 0 Å². The van der Waals surface area contributed by atoms with Crippen LogP contribution in [-0.4, -0.2) is 32.8 Å². The van der Waals surface area contributed by atoms with E-state index >= 15 is 0 Å². The predicted molar refractivity (Wildman–Crippen MR) is 84.4 cm³/mol. The summed E-state index contributed by atoms with van der Waals surface area (Å²) < 4.78 is 5.86. The Morgan fingerprint density at radius 2 is 1.74 bits per heavy atom. The zero-order valence-electron chi connectivity index (χ0n) is 13.4. The molecule has 0 aromatic rings. The molecule has 0 aromatic carbocycles. The molecule has 3 heteroatoms. The number of hydrogen-bond acceptors (Lipinski definition) is 3. The van der Waals surface area contributed by atoms with Crippen LogP contribution in [-0.2, 0) is 4.74 Å². The van der Waals surface area contributed by atoms with Gasteiger partial charge in [-0.05, 0) is 50.7 Å². The van der Waals surface area contributed by atoms with Crippen LogP contribution in [0.15, 0.2) is 0 Å². The van der Waals surface area contributed by atoms with Gasteiger partial charge in [-0.2, -0.15) is 0 Å². The van der Waals surface area contributed by atoms with E-state index in [4.69, 9.17) is 10.5 Å². The van der Waals surface area contributed by atoms with Gasteiger partial charge in [-0.3, -0.25) is 0 Å². The Morgan fingerprint density at radius 3 is 2.37 bits per heavy atom. The first-order valence-electron chi connectivity index (χ1n) is 8.24. The van der Waals surface area contributed by atoms with E-state index in [1.807, 2.05) is 0 Å². The molecule has 0 bridgehead atoms. The van der Waals surface area contributed by atoms with Gasteiger partial charge in [-0.25, -0.2) is 0 Å². The molecule has 0 radical (unpaired) electrons. The highest BCUT2D eigenvalue weighted by Crippen LogP contribution is 2.22. The van der Waals surface area contributed by atoms with Crippen molar-refractivity contribution in [3.05, 3.63) is 0 Å². The van der Waals surface area contributed by atoms with Crippen molar-refractivity contribution in [2.24, 2.45) is 17.6 Å². The second-order valence-corrected chi connectivity index (χ2v) is 5.64. The first kappa shape index (κ1) is 18.9. The molecule has 3 nitrogen and oxygen atoms in total. The average molecular weight is 272 g/mol. The quantitative estimate of drug-likeness (QED) is 0.477. The van der Waals surface area contributed by atoms with E-state index in [1.54, 1.807) is 0 Å². The van der Waals surface area contributed by atoms with Crippen LogP contribution in [0.25, 0.3) is 0 Å². The van der Waals surface area contributed by atoms with Crippen molar-refractivity contribution in [1.29, 1.82) is 0 Å². The topological polar surface area (TPSA) is 47.3 Å². The van der Waals surface area contributed by atoms with Crippen LogP contribution in [0.1, 0.15) is 59.3 Å². The second-order valence-electron chi connectivity index (χ2n) is 5.64. The molecular weight excluding hydrogens is 236 g/mol. The number of nitrogens with one attached hydrogen (secondary N) is 1. The first-order chi connectivity index (χ1) is 9.26. The summed E-state index contributed by atoms with van der Waals surface area (Å²) in [6.45, 7) is 11.6. The van der Waals surface area contributed by atoms with Crippen molar-refractivity contribution in [3.8, 4) is 0 Å². The largest absolute Gasteiger partial charge is 0.381 e. The van der Waals surface area contributed by atoms with Crippen LogP contribution in [0.4, 0.5) is 0 Å². The van der Waals surface area contributed by atoms with Crippen LogP contribution in [0, 0.1) is 11.8 Å². The molecule has 0 saturated carbocycles. The van der Waals surface area contributed by atoms with Crippen molar-refractivity contribution in [1.82, 2.24) is 5.32 Å². The number of rotatable bonds is 14. The van der Waals surface area contributed by atoms with Gasteiger partial charge in [0, 0.05) is 13.2 Å². The molecule has 0 fully saturated rings. The van der Waals surface area contributed by atoms with E-state index in [2.05, 4.69) is 26.1 Å². The summed E-state index contributed by atoms with van der Waals surface area (Å²) >= 11 is 0. The van der Waals surface area contributed by atoms with Gasteiger partial charge < -0.3 is 15.8 Å². The SMILES string of the molecule is CCCC(C)C(CCC)COCCCNCCCN. The molecule has 19 heavy (non-hydrogen) atoms. The van der Waals surface area contributed by atoms with Crippen LogP contribution < -0.4 is 11.1 Å². The van der Waals surface area contributed by atoms with Crippen molar-refractivity contribution in [2.45, 2.75) is 59.3 Å². The van der Waals surface area contributed by atoms with Gasteiger partial charge in [-0.15, -0.1) is 0 Å². The fourth-order valence-corrected chi connectivity index (χ4v) is 2.48. The molecule has 116 valence electrons. The zero-order chi connectivity index (χ0) is 14.3. The van der Waals surface area contributed by atoms with Gasteiger partial charge in [0.1, 0.15) is 0 Å². The minimum absolute atomic E-state index is 0.746. The fourth-order valence-electron chi connectivity index (χ4n) is 2.48. The normalized spacial score (nSPS) is 14.5. The molecule has 0 aliphatic rings. The van der Waals surface area contributed by atoms with Gasteiger partial charge in [-0.1, -0.05) is 40.0 Å². The summed E-state index contributed by atoms with van der Waals surface area (Å²) in [4.78, 5) is 0. The molecule has 0 heterocycles. The smallest absolute Gasteiger partial charge is 0.0496 e. The highest BCUT2D eigenvalue weighted by atomic mass is 16.5. The lowest BCUT2D eigenvalue weighted by Gasteiger charge is -2.23. The first-order valence-corrected chi connectivity index (χ1v) is 8.24. The van der Waals surface area contributed by atoms with Gasteiger partial charge >= 0.3 is 0 Å². The van der Waals surface area contributed by atoms with Crippen LogP contribution in [0.3, 0.4) is 0 Å². The highest BCUT2D eigenvalue weighted by molar-refractivity contribution is 4.65. The lowest BCUT2D eigenvalue weighted by molar-refractivity contribution is 0.0723. The Kier molecular flexibility index (Phi) is 14.2. The molecule has 0 aromatic heterocycles. The Labute approximate surface area is 120 Å². The maximum Gasteiger partial charge on any atom is 0.0496 e. The number of nitrogens with two attached hydrogens (primary N) is 1.